The standard InChI is InChI=1S/C12H9NO/c1-2-4-10-9(3-1)5-6-11-12(10)14-8-7-13-11/h1-7H,8H2. The Morgan fingerprint density at radius 2 is 2.00 bits per heavy atom. The third-order valence-electron chi connectivity index (χ3n) is 2.39. The Morgan fingerprint density at radius 3 is 3.00 bits per heavy atom. The average molecular weight is 183 g/mol. The lowest BCUT2D eigenvalue weighted by Crippen LogP contribution is -2.02. The van der Waals surface area contributed by atoms with E-state index in [0.717, 1.165) is 16.8 Å². The Hall–Kier alpha value is -1.83. The first-order chi connectivity index (χ1) is 6.95. The Balaban J connectivity index is 2.41. The number of rotatable bonds is 0. The van der Waals surface area contributed by atoms with Gasteiger partial charge in [0, 0.05) is 11.6 Å². The fourth-order valence-corrected chi connectivity index (χ4v) is 1.74. The van der Waals surface area contributed by atoms with E-state index in [4.69, 9.17) is 4.74 Å². The van der Waals surface area contributed by atoms with E-state index in [-0.39, 0.29) is 0 Å². The van der Waals surface area contributed by atoms with Crippen LogP contribution in [0.1, 0.15) is 0 Å². The van der Waals surface area contributed by atoms with Crippen LogP contribution < -0.4 is 4.74 Å². The van der Waals surface area contributed by atoms with Crippen molar-refractivity contribution in [2.24, 2.45) is 4.99 Å². The summed E-state index contributed by atoms with van der Waals surface area (Å²) >= 11 is 0. The minimum Gasteiger partial charge on any atom is -0.485 e. The van der Waals surface area contributed by atoms with E-state index in [1.807, 2.05) is 18.2 Å². The number of hydrogen-bond acceptors (Lipinski definition) is 2. The van der Waals surface area contributed by atoms with Gasteiger partial charge in [0.05, 0.1) is 0 Å². The third kappa shape index (κ3) is 1.01. The zero-order chi connectivity index (χ0) is 9.38. The molecule has 2 aromatic carbocycles. The second kappa shape index (κ2) is 2.84. The molecule has 0 N–H and O–H groups in total. The first kappa shape index (κ1) is 7.56. The van der Waals surface area contributed by atoms with Crippen LogP contribution in [0, 0.1) is 0 Å². The van der Waals surface area contributed by atoms with E-state index < -0.39 is 0 Å². The van der Waals surface area contributed by atoms with Crippen LogP contribution in [0.15, 0.2) is 41.4 Å². The highest BCUT2D eigenvalue weighted by Gasteiger charge is 2.09. The zero-order valence-corrected chi connectivity index (χ0v) is 7.60. The van der Waals surface area contributed by atoms with Crippen LogP contribution in [0.5, 0.6) is 5.75 Å². The number of hydrogen-bond donors (Lipinski definition) is 0. The molecule has 68 valence electrons. The van der Waals surface area contributed by atoms with Crippen molar-refractivity contribution in [2.75, 3.05) is 6.61 Å². The molecule has 0 saturated heterocycles. The Morgan fingerprint density at radius 1 is 1.07 bits per heavy atom. The highest BCUT2D eigenvalue weighted by molar-refractivity contribution is 5.94. The quantitative estimate of drug-likeness (QED) is 0.615. The molecule has 0 amide bonds. The van der Waals surface area contributed by atoms with Crippen molar-refractivity contribution in [2.45, 2.75) is 0 Å². The predicted octanol–water partition coefficient (Wildman–Crippen LogP) is 2.93. The Kier molecular flexibility index (Phi) is 1.53. The van der Waals surface area contributed by atoms with Gasteiger partial charge in [-0.3, -0.25) is 4.99 Å². The minimum atomic E-state index is 0.570. The second-order valence-corrected chi connectivity index (χ2v) is 3.26. The number of ether oxygens (including phenoxy) is 1. The van der Waals surface area contributed by atoms with Gasteiger partial charge in [0.25, 0.3) is 0 Å². The van der Waals surface area contributed by atoms with Gasteiger partial charge in [-0.2, -0.15) is 0 Å². The molecule has 1 heterocycles. The van der Waals surface area contributed by atoms with Crippen molar-refractivity contribution in [3.8, 4) is 5.75 Å². The SMILES string of the molecule is C1=Nc2ccc3ccccc3c2OC1. The van der Waals surface area contributed by atoms with Crippen LogP contribution in [-0.4, -0.2) is 12.8 Å². The molecule has 3 rings (SSSR count). The van der Waals surface area contributed by atoms with Crippen molar-refractivity contribution in [1.82, 2.24) is 0 Å². The number of fused-ring (bicyclic) bond motifs is 3. The molecular formula is C12H9NO. The molecule has 0 fully saturated rings. The molecule has 1 aliphatic heterocycles. The van der Waals surface area contributed by atoms with Crippen molar-refractivity contribution in [1.29, 1.82) is 0 Å². The molecule has 2 heteroatoms. The predicted molar refractivity (Wildman–Crippen MR) is 57.6 cm³/mol. The second-order valence-electron chi connectivity index (χ2n) is 3.26. The number of benzene rings is 2. The summed E-state index contributed by atoms with van der Waals surface area (Å²) in [7, 11) is 0. The first-order valence-corrected chi connectivity index (χ1v) is 4.62. The third-order valence-corrected chi connectivity index (χ3v) is 2.39. The maximum Gasteiger partial charge on any atom is 0.153 e. The summed E-state index contributed by atoms with van der Waals surface area (Å²) in [6.45, 7) is 0.570. The van der Waals surface area contributed by atoms with Crippen molar-refractivity contribution < 1.29 is 4.74 Å². The van der Waals surface area contributed by atoms with Gasteiger partial charge in [-0.25, -0.2) is 0 Å². The van der Waals surface area contributed by atoms with Crippen LogP contribution in [0.3, 0.4) is 0 Å². The van der Waals surface area contributed by atoms with Crippen LogP contribution in [-0.2, 0) is 0 Å². The topological polar surface area (TPSA) is 21.6 Å². The monoisotopic (exact) mass is 183 g/mol. The molecule has 2 nitrogen and oxygen atoms in total. The summed E-state index contributed by atoms with van der Waals surface area (Å²) in [5.74, 6) is 0.908. The van der Waals surface area contributed by atoms with E-state index in [1.165, 1.54) is 5.39 Å². The maximum absolute atomic E-state index is 5.59. The molecule has 1 aliphatic rings. The van der Waals surface area contributed by atoms with Crippen LogP contribution in [0.4, 0.5) is 5.69 Å². The molecular weight excluding hydrogens is 174 g/mol. The van der Waals surface area contributed by atoms with Crippen molar-refractivity contribution in [3.05, 3.63) is 36.4 Å². The van der Waals surface area contributed by atoms with Crippen LogP contribution in [0.2, 0.25) is 0 Å². The normalized spacial score (nSPS) is 13.7. The van der Waals surface area contributed by atoms with E-state index >= 15 is 0 Å². The molecule has 0 aliphatic carbocycles. The first-order valence-electron chi connectivity index (χ1n) is 4.62. The van der Waals surface area contributed by atoms with E-state index in [9.17, 15) is 0 Å². The van der Waals surface area contributed by atoms with E-state index in [1.54, 1.807) is 6.21 Å². The van der Waals surface area contributed by atoms with E-state index in [0.29, 0.717) is 6.61 Å². The summed E-state index contributed by atoms with van der Waals surface area (Å²) in [5, 5.41) is 2.34. The van der Waals surface area contributed by atoms with Gasteiger partial charge in [0.15, 0.2) is 5.75 Å². The smallest absolute Gasteiger partial charge is 0.153 e. The molecule has 0 saturated carbocycles. The summed E-state index contributed by atoms with van der Waals surface area (Å²) in [4.78, 5) is 4.29. The lowest BCUT2D eigenvalue weighted by Gasteiger charge is -2.13. The molecule has 0 spiro atoms. The summed E-state index contributed by atoms with van der Waals surface area (Å²) < 4.78 is 5.59. The van der Waals surface area contributed by atoms with Crippen molar-refractivity contribution in [3.63, 3.8) is 0 Å². The van der Waals surface area contributed by atoms with E-state index in [2.05, 4.69) is 23.2 Å². The number of nitrogens with zero attached hydrogens (tertiary/aromatic N) is 1. The van der Waals surface area contributed by atoms with Gasteiger partial charge >= 0.3 is 0 Å². The molecule has 14 heavy (non-hydrogen) atoms. The average Bonchev–Trinajstić information content (AvgIpc) is 2.29. The number of aliphatic imine (C=N–C) groups is 1. The maximum atomic E-state index is 5.59. The van der Waals surface area contributed by atoms with Gasteiger partial charge in [-0.15, -0.1) is 0 Å². The molecule has 0 atom stereocenters. The minimum absolute atomic E-state index is 0.570. The van der Waals surface area contributed by atoms with Gasteiger partial charge < -0.3 is 4.74 Å². The zero-order valence-electron chi connectivity index (χ0n) is 7.60. The fourth-order valence-electron chi connectivity index (χ4n) is 1.74. The summed E-state index contributed by atoms with van der Waals surface area (Å²) in [6.07, 6.45) is 1.79. The largest absolute Gasteiger partial charge is 0.485 e. The molecule has 0 bridgehead atoms. The van der Waals surface area contributed by atoms with Gasteiger partial charge in [-0.1, -0.05) is 30.3 Å². The molecule has 0 unspecified atom stereocenters. The lowest BCUT2D eigenvalue weighted by molar-refractivity contribution is 0.381. The Bertz CT molecular complexity index is 517. The lowest BCUT2D eigenvalue weighted by atomic mass is 10.1. The Labute approximate surface area is 81.8 Å². The summed E-state index contributed by atoms with van der Waals surface area (Å²) in [5.41, 5.74) is 0.926. The molecule has 0 aromatic heterocycles. The molecule has 0 radical (unpaired) electrons. The van der Waals surface area contributed by atoms with Gasteiger partial charge in [-0.05, 0) is 11.5 Å². The molecule has 2 aromatic rings. The van der Waals surface area contributed by atoms with Crippen LogP contribution in [0.25, 0.3) is 10.8 Å². The van der Waals surface area contributed by atoms with Crippen LogP contribution >= 0.6 is 0 Å². The highest BCUT2D eigenvalue weighted by atomic mass is 16.5. The van der Waals surface area contributed by atoms with Gasteiger partial charge in [0.2, 0.25) is 0 Å². The fraction of sp³-hybridized carbons (Fsp3) is 0.0833. The highest BCUT2D eigenvalue weighted by Crippen LogP contribution is 2.36. The van der Waals surface area contributed by atoms with Crippen molar-refractivity contribution >= 4 is 22.7 Å². The van der Waals surface area contributed by atoms with Gasteiger partial charge in [0.1, 0.15) is 12.3 Å². The summed E-state index contributed by atoms with van der Waals surface area (Å²) in [6, 6.07) is 12.3.